The zero-order valence-corrected chi connectivity index (χ0v) is 11.1. The molecule has 1 atom stereocenters. The summed E-state index contributed by atoms with van der Waals surface area (Å²) in [6.07, 6.45) is 0. The Morgan fingerprint density at radius 2 is 2.05 bits per heavy atom. The second kappa shape index (κ2) is 6.96. The van der Waals surface area contributed by atoms with Crippen LogP contribution in [-0.2, 0) is 11.3 Å². The Morgan fingerprint density at radius 3 is 2.58 bits per heavy atom. The summed E-state index contributed by atoms with van der Waals surface area (Å²) in [5.41, 5.74) is 0.748. The van der Waals surface area contributed by atoms with Crippen molar-refractivity contribution in [3.63, 3.8) is 0 Å². The van der Waals surface area contributed by atoms with Crippen LogP contribution in [0.4, 0.5) is 4.79 Å². The SMILES string of the molecule is CN(Cc1ccccc1Cl)C(=O)NC(CO)C(=O)O. The number of carboxylic acids is 1. The predicted octanol–water partition coefficient (Wildman–Crippen LogP) is 0.927. The number of urea groups is 1. The fourth-order valence-corrected chi connectivity index (χ4v) is 1.59. The van der Waals surface area contributed by atoms with Crippen LogP contribution in [0.2, 0.25) is 5.02 Å². The predicted molar refractivity (Wildman–Crippen MR) is 70.0 cm³/mol. The van der Waals surface area contributed by atoms with Gasteiger partial charge in [0.15, 0.2) is 6.04 Å². The van der Waals surface area contributed by atoms with Gasteiger partial charge in [0.1, 0.15) is 0 Å². The summed E-state index contributed by atoms with van der Waals surface area (Å²) < 4.78 is 0. The summed E-state index contributed by atoms with van der Waals surface area (Å²) in [6.45, 7) is -0.426. The minimum absolute atomic E-state index is 0.239. The van der Waals surface area contributed by atoms with E-state index < -0.39 is 24.6 Å². The molecule has 6 nitrogen and oxygen atoms in total. The molecule has 1 rings (SSSR count). The summed E-state index contributed by atoms with van der Waals surface area (Å²) in [5, 5.41) is 20.3. The van der Waals surface area contributed by atoms with E-state index in [0.717, 1.165) is 5.56 Å². The van der Waals surface area contributed by atoms with E-state index in [1.807, 2.05) is 0 Å². The monoisotopic (exact) mass is 286 g/mol. The van der Waals surface area contributed by atoms with Crippen LogP contribution in [0.5, 0.6) is 0 Å². The summed E-state index contributed by atoms with van der Waals surface area (Å²) in [6, 6.07) is 5.13. The maximum Gasteiger partial charge on any atom is 0.328 e. The summed E-state index contributed by atoms with van der Waals surface area (Å²) in [5.74, 6) is -1.29. The van der Waals surface area contributed by atoms with E-state index in [4.69, 9.17) is 21.8 Å². The van der Waals surface area contributed by atoms with Gasteiger partial charge >= 0.3 is 12.0 Å². The van der Waals surface area contributed by atoms with Crippen LogP contribution in [0, 0.1) is 0 Å². The van der Waals surface area contributed by atoms with Gasteiger partial charge in [-0.3, -0.25) is 0 Å². The van der Waals surface area contributed by atoms with Crippen molar-refractivity contribution in [1.29, 1.82) is 0 Å². The maximum absolute atomic E-state index is 11.7. The van der Waals surface area contributed by atoms with Gasteiger partial charge in [-0.2, -0.15) is 0 Å². The number of hydrogen-bond donors (Lipinski definition) is 3. The number of amides is 2. The van der Waals surface area contributed by atoms with Crippen LogP contribution < -0.4 is 5.32 Å². The minimum Gasteiger partial charge on any atom is -0.480 e. The largest absolute Gasteiger partial charge is 0.480 e. The van der Waals surface area contributed by atoms with Gasteiger partial charge < -0.3 is 20.4 Å². The number of aliphatic hydroxyl groups is 1. The van der Waals surface area contributed by atoms with E-state index in [1.54, 1.807) is 24.3 Å². The molecular weight excluding hydrogens is 272 g/mol. The third kappa shape index (κ3) is 4.42. The normalized spacial score (nSPS) is 11.7. The average Bonchev–Trinajstić information content (AvgIpc) is 2.37. The molecule has 0 aromatic heterocycles. The standard InChI is InChI=1S/C12H15ClN2O4/c1-15(6-8-4-2-3-5-9(8)13)12(19)14-10(7-16)11(17)18/h2-5,10,16H,6-7H2,1H3,(H,14,19)(H,17,18). The number of halogens is 1. The molecule has 0 fully saturated rings. The third-order valence-corrected chi connectivity index (χ3v) is 2.86. The van der Waals surface area contributed by atoms with Gasteiger partial charge in [-0.15, -0.1) is 0 Å². The summed E-state index contributed by atoms with van der Waals surface area (Å²) in [7, 11) is 1.51. The number of benzene rings is 1. The van der Waals surface area contributed by atoms with Gasteiger partial charge in [0.2, 0.25) is 0 Å². The van der Waals surface area contributed by atoms with Gasteiger partial charge in [-0.05, 0) is 11.6 Å². The number of carbonyl (C=O) groups excluding carboxylic acids is 1. The molecule has 19 heavy (non-hydrogen) atoms. The number of hydrogen-bond acceptors (Lipinski definition) is 3. The third-order valence-electron chi connectivity index (χ3n) is 2.49. The van der Waals surface area contributed by atoms with Crippen LogP contribution in [0.1, 0.15) is 5.56 Å². The molecule has 7 heteroatoms. The van der Waals surface area contributed by atoms with Crippen LogP contribution in [0.25, 0.3) is 0 Å². The molecule has 1 aromatic rings. The molecule has 0 aliphatic carbocycles. The molecular formula is C12H15ClN2O4. The highest BCUT2D eigenvalue weighted by Crippen LogP contribution is 2.16. The summed E-state index contributed by atoms with van der Waals surface area (Å²) in [4.78, 5) is 23.7. The molecule has 0 spiro atoms. The van der Waals surface area contributed by atoms with E-state index in [9.17, 15) is 9.59 Å². The Hall–Kier alpha value is -1.79. The lowest BCUT2D eigenvalue weighted by atomic mass is 10.2. The van der Waals surface area contributed by atoms with E-state index in [0.29, 0.717) is 5.02 Å². The molecule has 0 aliphatic rings. The number of carbonyl (C=O) groups is 2. The van der Waals surface area contributed by atoms with Crippen LogP contribution in [0.3, 0.4) is 0 Å². The zero-order valence-electron chi connectivity index (χ0n) is 10.3. The van der Waals surface area contributed by atoms with Gasteiger partial charge in [0.25, 0.3) is 0 Å². The fraction of sp³-hybridized carbons (Fsp3) is 0.333. The lowest BCUT2D eigenvalue weighted by Gasteiger charge is -2.21. The molecule has 0 saturated carbocycles. The van der Waals surface area contributed by atoms with Gasteiger partial charge in [0, 0.05) is 18.6 Å². The molecule has 104 valence electrons. The second-order valence-electron chi connectivity index (χ2n) is 3.97. The van der Waals surface area contributed by atoms with Crippen molar-refractivity contribution in [1.82, 2.24) is 10.2 Å². The van der Waals surface area contributed by atoms with Crippen molar-refractivity contribution in [3.05, 3.63) is 34.9 Å². The molecule has 0 radical (unpaired) electrons. The van der Waals surface area contributed by atoms with Crippen molar-refractivity contribution in [2.75, 3.05) is 13.7 Å². The first-order valence-electron chi connectivity index (χ1n) is 5.54. The highest BCUT2D eigenvalue weighted by atomic mass is 35.5. The average molecular weight is 287 g/mol. The van der Waals surface area contributed by atoms with Crippen molar-refractivity contribution in [3.8, 4) is 0 Å². The van der Waals surface area contributed by atoms with Crippen LogP contribution >= 0.6 is 11.6 Å². The lowest BCUT2D eigenvalue weighted by molar-refractivity contribution is -0.140. The van der Waals surface area contributed by atoms with E-state index in [1.165, 1.54) is 11.9 Å². The van der Waals surface area contributed by atoms with Gasteiger partial charge in [-0.1, -0.05) is 29.8 Å². The second-order valence-corrected chi connectivity index (χ2v) is 4.38. The molecule has 3 N–H and O–H groups in total. The fourth-order valence-electron chi connectivity index (χ4n) is 1.40. The number of rotatable bonds is 5. The zero-order chi connectivity index (χ0) is 14.4. The number of carboxylic acid groups (broad SMARTS) is 1. The molecule has 0 heterocycles. The molecule has 1 unspecified atom stereocenters. The molecule has 0 aliphatic heterocycles. The Morgan fingerprint density at radius 1 is 1.42 bits per heavy atom. The number of aliphatic hydroxyl groups excluding tert-OH is 1. The van der Waals surface area contributed by atoms with Gasteiger partial charge in [-0.25, -0.2) is 9.59 Å². The van der Waals surface area contributed by atoms with Crippen molar-refractivity contribution in [2.24, 2.45) is 0 Å². The molecule has 0 saturated heterocycles. The Bertz CT molecular complexity index is 467. The van der Waals surface area contributed by atoms with Crippen LogP contribution in [-0.4, -0.2) is 46.8 Å². The van der Waals surface area contributed by atoms with E-state index in [2.05, 4.69) is 5.32 Å². The van der Waals surface area contributed by atoms with Crippen molar-refractivity contribution < 1.29 is 19.8 Å². The van der Waals surface area contributed by atoms with Crippen molar-refractivity contribution in [2.45, 2.75) is 12.6 Å². The van der Waals surface area contributed by atoms with Gasteiger partial charge in [0.05, 0.1) is 6.61 Å². The first kappa shape index (κ1) is 15.3. The first-order valence-corrected chi connectivity index (χ1v) is 5.92. The Labute approximate surface area is 115 Å². The van der Waals surface area contributed by atoms with E-state index in [-0.39, 0.29) is 6.54 Å². The Kier molecular flexibility index (Phi) is 5.59. The topological polar surface area (TPSA) is 89.9 Å². The molecule has 0 bridgehead atoms. The Balaban J connectivity index is 2.63. The number of nitrogens with one attached hydrogen (secondary N) is 1. The summed E-state index contributed by atoms with van der Waals surface area (Å²) >= 11 is 5.96. The maximum atomic E-state index is 11.7. The molecule has 2 amide bonds. The lowest BCUT2D eigenvalue weighted by Crippen LogP contribution is -2.48. The van der Waals surface area contributed by atoms with Crippen LogP contribution in [0.15, 0.2) is 24.3 Å². The smallest absolute Gasteiger partial charge is 0.328 e. The number of aliphatic carboxylic acids is 1. The highest BCUT2D eigenvalue weighted by Gasteiger charge is 2.20. The highest BCUT2D eigenvalue weighted by molar-refractivity contribution is 6.31. The number of nitrogens with zero attached hydrogens (tertiary/aromatic N) is 1. The van der Waals surface area contributed by atoms with Crippen molar-refractivity contribution >= 4 is 23.6 Å². The quantitative estimate of drug-likeness (QED) is 0.751. The first-order chi connectivity index (χ1) is 8.95. The van der Waals surface area contributed by atoms with E-state index >= 15 is 0 Å². The molecule has 1 aromatic carbocycles. The minimum atomic E-state index is -1.32.